The largest absolute Gasteiger partial charge is 0.491 e. The maximum atomic E-state index is 13.4. The fourth-order valence-electron chi connectivity index (χ4n) is 4.11. The summed E-state index contributed by atoms with van der Waals surface area (Å²) in [5.41, 5.74) is 0.714. The maximum Gasteiger partial charge on any atom is 0.332 e. The molecule has 2 N–H and O–H groups in total. The highest BCUT2D eigenvalue weighted by atomic mass is 16.5. The molecule has 2 aromatic heterocycles. The zero-order chi connectivity index (χ0) is 25.8. The van der Waals surface area contributed by atoms with Crippen LogP contribution in [0, 0.1) is 0 Å². The first-order chi connectivity index (χ1) is 16.6. The Hall–Kier alpha value is -2.91. The fourth-order valence-corrected chi connectivity index (χ4v) is 4.11. The van der Waals surface area contributed by atoms with Gasteiger partial charge >= 0.3 is 5.69 Å². The number of unbranched alkanes of at least 4 members (excludes halogenated alkanes) is 1. The van der Waals surface area contributed by atoms with Gasteiger partial charge in [0.15, 0.2) is 11.2 Å². The van der Waals surface area contributed by atoms with Gasteiger partial charge in [0.05, 0.1) is 6.54 Å². The lowest BCUT2D eigenvalue weighted by Gasteiger charge is -2.19. The molecular weight excluding hydrogens is 448 g/mol. The highest BCUT2D eigenvalue weighted by Crippen LogP contribution is 2.24. The number of aliphatic hydroxyl groups is 2. The van der Waals surface area contributed by atoms with Crippen molar-refractivity contribution >= 4 is 11.2 Å². The third-order valence-corrected chi connectivity index (χ3v) is 6.07. The molecule has 0 bridgehead atoms. The highest BCUT2D eigenvalue weighted by Gasteiger charge is 2.22. The van der Waals surface area contributed by atoms with E-state index < -0.39 is 17.4 Å². The van der Waals surface area contributed by atoms with Crippen LogP contribution in [0.3, 0.4) is 0 Å². The Balaban J connectivity index is 1.91. The summed E-state index contributed by atoms with van der Waals surface area (Å²) < 4.78 is 9.94. The van der Waals surface area contributed by atoms with E-state index in [0.717, 1.165) is 23.8 Å². The van der Waals surface area contributed by atoms with Crippen molar-refractivity contribution in [1.82, 2.24) is 18.7 Å². The third kappa shape index (κ3) is 5.85. The number of fused-ring (bicyclic) bond motifs is 1. The molecule has 0 radical (unpaired) electrons. The lowest BCUT2D eigenvalue weighted by molar-refractivity contribution is 0.0901. The first-order valence-corrected chi connectivity index (χ1v) is 12.4. The molecule has 0 aliphatic heterocycles. The van der Waals surface area contributed by atoms with Crippen molar-refractivity contribution in [3.8, 4) is 5.75 Å². The van der Waals surface area contributed by atoms with Crippen molar-refractivity contribution in [2.24, 2.45) is 0 Å². The van der Waals surface area contributed by atoms with E-state index in [2.05, 4.69) is 25.8 Å². The Kier molecular flexibility index (Phi) is 8.56. The molecule has 3 aromatic rings. The minimum absolute atomic E-state index is 0.0235. The number of aliphatic hydroxyl groups excluding tert-OH is 2. The SMILES string of the molecule is CCCCn1c(=O)n(CC(O)COc2ccc(C(C)(C)C)cc2)c(=O)c2c1nc(CO)n2CCC. The van der Waals surface area contributed by atoms with Crippen LogP contribution in [0.15, 0.2) is 33.9 Å². The van der Waals surface area contributed by atoms with E-state index in [1.165, 1.54) is 10.1 Å². The Morgan fingerprint density at radius 2 is 1.69 bits per heavy atom. The number of ether oxygens (including phenoxy) is 1. The smallest absolute Gasteiger partial charge is 0.332 e. The summed E-state index contributed by atoms with van der Waals surface area (Å²) in [4.78, 5) is 31.1. The summed E-state index contributed by atoms with van der Waals surface area (Å²) in [5.74, 6) is 0.956. The molecule has 0 aliphatic rings. The predicted octanol–water partition coefficient (Wildman–Crippen LogP) is 2.80. The van der Waals surface area contributed by atoms with Crippen LogP contribution in [0.5, 0.6) is 5.75 Å². The van der Waals surface area contributed by atoms with Gasteiger partial charge in [0.1, 0.15) is 30.9 Å². The van der Waals surface area contributed by atoms with Gasteiger partial charge < -0.3 is 19.5 Å². The van der Waals surface area contributed by atoms with E-state index in [-0.39, 0.29) is 36.3 Å². The monoisotopic (exact) mass is 486 g/mol. The van der Waals surface area contributed by atoms with Gasteiger partial charge in [0, 0.05) is 13.1 Å². The molecule has 2 heterocycles. The van der Waals surface area contributed by atoms with Crippen molar-refractivity contribution < 1.29 is 14.9 Å². The molecule has 0 saturated carbocycles. The molecule has 0 fully saturated rings. The number of aryl methyl sites for hydroxylation is 2. The molecule has 9 heteroatoms. The summed E-state index contributed by atoms with van der Waals surface area (Å²) in [5, 5.41) is 20.5. The quantitative estimate of drug-likeness (QED) is 0.431. The number of hydrogen-bond donors (Lipinski definition) is 2. The molecule has 0 amide bonds. The fraction of sp³-hybridized carbons (Fsp3) is 0.577. The average molecular weight is 487 g/mol. The number of rotatable bonds is 11. The molecule has 3 rings (SSSR count). The number of hydrogen-bond acceptors (Lipinski definition) is 6. The van der Waals surface area contributed by atoms with E-state index in [4.69, 9.17) is 4.74 Å². The Bertz CT molecular complexity index is 1250. The van der Waals surface area contributed by atoms with Crippen LogP contribution in [0.2, 0.25) is 0 Å². The summed E-state index contributed by atoms with van der Waals surface area (Å²) in [6.45, 7) is 10.7. The number of imidazole rings is 1. The second-order valence-corrected chi connectivity index (χ2v) is 9.95. The topological polar surface area (TPSA) is 112 Å². The minimum Gasteiger partial charge on any atom is -0.491 e. The zero-order valence-corrected chi connectivity index (χ0v) is 21.5. The molecule has 35 heavy (non-hydrogen) atoms. The standard InChI is InChI=1S/C26H38N4O5/c1-6-8-14-29-23-22(28(13-7-2)21(16-31)27-23)24(33)30(25(29)34)15-19(32)17-35-20-11-9-18(10-12-20)26(3,4)5/h9-12,19,31-32H,6-8,13-17H2,1-5H3. The van der Waals surface area contributed by atoms with Crippen LogP contribution in [-0.4, -0.2) is 41.6 Å². The highest BCUT2D eigenvalue weighted by molar-refractivity contribution is 5.71. The van der Waals surface area contributed by atoms with Gasteiger partial charge in [-0.1, -0.05) is 53.2 Å². The number of aromatic nitrogens is 4. The van der Waals surface area contributed by atoms with Crippen LogP contribution in [-0.2, 0) is 31.7 Å². The van der Waals surface area contributed by atoms with E-state index in [9.17, 15) is 19.8 Å². The van der Waals surface area contributed by atoms with Gasteiger partial charge in [0.25, 0.3) is 5.56 Å². The molecule has 1 atom stereocenters. The first-order valence-electron chi connectivity index (χ1n) is 12.4. The van der Waals surface area contributed by atoms with Crippen molar-refractivity contribution in [2.45, 2.75) is 91.6 Å². The summed E-state index contributed by atoms with van der Waals surface area (Å²) in [7, 11) is 0. The van der Waals surface area contributed by atoms with Crippen molar-refractivity contribution in [3.63, 3.8) is 0 Å². The van der Waals surface area contributed by atoms with Gasteiger partial charge in [0.2, 0.25) is 0 Å². The Labute approximate surface area is 205 Å². The molecule has 1 aromatic carbocycles. The third-order valence-electron chi connectivity index (χ3n) is 6.07. The van der Waals surface area contributed by atoms with Crippen LogP contribution < -0.4 is 16.0 Å². The first kappa shape index (κ1) is 26.7. The van der Waals surface area contributed by atoms with E-state index >= 15 is 0 Å². The van der Waals surface area contributed by atoms with E-state index in [1.54, 1.807) is 4.57 Å². The maximum absolute atomic E-state index is 13.4. The number of benzene rings is 1. The lowest BCUT2D eigenvalue weighted by atomic mass is 9.87. The van der Waals surface area contributed by atoms with Gasteiger partial charge in [-0.25, -0.2) is 9.78 Å². The van der Waals surface area contributed by atoms with Crippen molar-refractivity contribution in [3.05, 3.63) is 56.5 Å². The van der Waals surface area contributed by atoms with Crippen molar-refractivity contribution in [1.29, 1.82) is 0 Å². The normalized spacial score (nSPS) is 12.9. The zero-order valence-electron chi connectivity index (χ0n) is 21.5. The summed E-state index contributed by atoms with van der Waals surface area (Å²) in [6.07, 6.45) is 1.26. The average Bonchev–Trinajstić information content (AvgIpc) is 3.18. The summed E-state index contributed by atoms with van der Waals surface area (Å²) in [6, 6.07) is 7.67. The molecule has 9 nitrogen and oxygen atoms in total. The van der Waals surface area contributed by atoms with Gasteiger partial charge in [-0.05, 0) is 36.0 Å². The lowest BCUT2D eigenvalue weighted by Crippen LogP contribution is -2.44. The molecule has 1 unspecified atom stereocenters. The van der Waals surface area contributed by atoms with Crippen LogP contribution in [0.25, 0.3) is 11.2 Å². The van der Waals surface area contributed by atoms with Gasteiger partial charge in [-0.3, -0.25) is 13.9 Å². The van der Waals surface area contributed by atoms with Crippen LogP contribution >= 0.6 is 0 Å². The Morgan fingerprint density at radius 3 is 2.26 bits per heavy atom. The van der Waals surface area contributed by atoms with Crippen LogP contribution in [0.1, 0.15) is 65.3 Å². The predicted molar refractivity (Wildman–Crippen MR) is 136 cm³/mol. The number of nitrogens with zero attached hydrogens (tertiary/aromatic N) is 4. The summed E-state index contributed by atoms with van der Waals surface area (Å²) >= 11 is 0. The van der Waals surface area contributed by atoms with E-state index in [0.29, 0.717) is 24.7 Å². The molecule has 192 valence electrons. The molecule has 0 saturated heterocycles. The van der Waals surface area contributed by atoms with Crippen LogP contribution in [0.4, 0.5) is 0 Å². The van der Waals surface area contributed by atoms with E-state index in [1.807, 2.05) is 38.1 Å². The van der Waals surface area contributed by atoms with Crippen molar-refractivity contribution in [2.75, 3.05) is 6.61 Å². The minimum atomic E-state index is -1.07. The molecular formula is C26H38N4O5. The molecule has 0 aliphatic carbocycles. The second-order valence-electron chi connectivity index (χ2n) is 9.95. The molecule has 0 spiro atoms. The second kappa shape index (κ2) is 11.2. The Morgan fingerprint density at radius 1 is 1.00 bits per heavy atom. The van der Waals surface area contributed by atoms with Gasteiger partial charge in [-0.2, -0.15) is 0 Å². The van der Waals surface area contributed by atoms with Gasteiger partial charge in [-0.15, -0.1) is 0 Å².